The van der Waals surface area contributed by atoms with Gasteiger partial charge in [0.25, 0.3) is 0 Å². The van der Waals surface area contributed by atoms with Gasteiger partial charge in [-0.2, -0.15) is 0 Å². The first-order chi connectivity index (χ1) is 11.2. The van der Waals surface area contributed by atoms with Crippen molar-refractivity contribution in [1.82, 2.24) is 10.2 Å². The monoisotopic (exact) mass is 317 g/mol. The fourth-order valence-corrected chi connectivity index (χ4v) is 3.15. The number of urea groups is 1. The van der Waals surface area contributed by atoms with Crippen molar-refractivity contribution in [1.29, 1.82) is 0 Å². The number of anilines is 1. The molecule has 0 atom stereocenters. The Balaban J connectivity index is 1.47. The molecule has 0 aromatic heterocycles. The molecule has 1 aromatic carbocycles. The molecule has 0 aliphatic carbocycles. The summed E-state index contributed by atoms with van der Waals surface area (Å²) in [5, 5.41) is 3.04. The second-order valence-electron chi connectivity index (χ2n) is 6.59. The molecule has 23 heavy (non-hydrogen) atoms. The predicted molar refractivity (Wildman–Crippen MR) is 91.7 cm³/mol. The molecule has 2 amide bonds. The first-order valence-electron chi connectivity index (χ1n) is 8.67. The number of piperidine rings is 1. The molecule has 2 saturated heterocycles. The Hall–Kier alpha value is -1.75. The van der Waals surface area contributed by atoms with Gasteiger partial charge in [-0.1, -0.05) is 19.1 Å². The van der Waals surface area contributed by atoms with Crippen LogP contribution in [0, 0.1) is 5.92 Å². The van der Waals surface area contributed by atoms with Crippen molar-refractivity contribution in [2.75, 3.05) is 44.3 Å². The molecule has 0 unspecified atom stereocenters. The zero-order chi connectivity index (χ0) is 16.1. The third-order valence-electron chi connectivity index (χ3n) is 4.83. The van der Waals surface area contributed by atoms with Gasteiger partial charge in [-0.3, -0.25) is 0 Å². The molecule has 0 radical (unpaired) electrons. The average Bonchev–Trinajstić information content (AvgIpc) is 2.61. The van der Waals surface area contributed by atoms with Gasteiger partial charge in [-0.15, -0.1) is 0 Å². The number of amides is 2. The lowest BCUT2D eigenvalue weighted by Crippen LogP contribution is -2.43. The van der Waals surface area contributed by atoms with Gasteiger partial charge in [-0.05, 0) is 36.5 Å². The first kappa shape index (κ1) is 16.1. The van der Waals surface area contributed by atoms with Crippen molar-refractivity contribution >= 4 is 11.7 Å². The summed E-state index contributed by atoms with van der Waals surface area (Å²) in [7, 11) is 0. The van der Waals surface area contributed by atoms with Crippen LogP contribution in [0.1, 0.15) is 25.3 Å². The molecule has 2 fully saturated rings. The van der Waals surface area contributed by atoms with E-state index in [1.807, 2.05) is 4.90 Å². The van der Waals surface area contributed by atoms with Crippen LogP contribution in [-0.2, 0) is 11.3 Å². The SMILES string of the molecule is CC1CCN(C(=O)NCc2ccc(N3CCOCC3)cc2)CC1. The minimum absolute atomic E-state index is 0.0640. The summed E-state index contributed by atoms with van der Waals surface area (Å²) in [5.41, 5.74) is 2.37. The number of nitrogens with zero attached hydrogens (tertiary/aromatic N) is 2. The van der Waals surface area contributed by atoms with Gasteiger partial charge in [0.05, 0.1) is 13.2 Å². The predicted octanol–water partition coefficient (Wildman–Crippen LogP) is 2.46. The van der Waals surface area contributed by atoms with Gasteiger partial charge in [0.1, 0.15) is 0 Å². The molecule has 126 valence electrons. The number of hydrogen-bond donors (Lipinski definition) is 1. The normalized spacial score (nSPS) is 19.7. The van der Waals surface area contributed by atoms with Crippen LogP contribution in [0.4, 0.5) is 10.5 Å². The molecule has 5 nitrogen and oxygen atoms in total. The topological polar surface area (TPSA) is 44.8 Å². The van der Waals surface area contributed by atoms with E-state index in [-0.39, 0.29) is 6.03 Å². The Morgan fingerprint density at radius 1 is 1.13 bits per heavy atom. The van der Waals surface area contributed by atoms with Crippen LogP contribution in [0.3, 0.4) is 0 Å². The molecule has 0 saturated carbocycles. The van der Waals surface area contributed by atoms with Gasteiger partial charge < -0.3 is 19.9 Å². The third-order valence-corrected chi connectivity index (χ3v) is 4.83. The summed E-state index contributed by atoms with van der Waals surface area (Å²) in [6, 6.07) is 8.53. The summed E-state index contributed by atoms with van der Waals surface area (Å²) < 4.78 is 5.38. The maximum Gasteiger partial charge on any atom is 0.317 e. The standard InChI is InChI=1S/C18H27N3O2/c1-15-6-8-21(9-7-15)18(22)19-14-16-2-4-17(5-3-16)20-10-12-23-13-11-20/h2-5,15H,6-14H2,1H3,(H,19,22). The van der Waals surface area contributed by atoms with E-state index in [0.29, 0.717) is 6.54 Å². The van der Waals surface area contributed by atoms with E-state index in [4.69, 9.17) is 4.74 Å². The maximum atomic E-state index is 12.2. The zero-order valence-electron chi connectivity index (χ0n) is 14.0. The summed E-state index contributed by atoms with van der Waals surface area (Å²) in [6.45, 7) is 8.09. The van der Waals surface area contributed by atoms with Crippen molar-refractivity contribution in [3.8, 4) is 0 Å². The lowest BCUT2D eigenvalue weighted by molar-refractivity contribution is 0.122. The number of carbonyl (C=O) groups excluding carboxylic acids is 1. The van der Waals surface area contributed by atoms with Crippen LogP contribution in [0.25, 0.3) is 0 Å². The molecule has 2 aliphatic heterocycles. The van der Waals surface area contributed by atoms with Gasteiger partial charge in [0.2, 0.25) is 0 Å². The van der Waals surface area contributed by atoms with E-state index in [0.717, 1.165) is 63.7 Å². The number of hydrogen-bond acceptors (Lipinski definition) is 3. The second-order valence-corrected chi connectivity index (χ2v) is 6.59. The summed E-state index contributed by atoms with van der Waals surface area (Å²) >= 11 is 0. The highest BCUT2D eigenvalue weighted by Gasteiger charge is 2.19. The van der Waals surface area contributed by atoms with Crippen LogP contribution in [-0.4, -0.2) is 50.3 Å². The van der Waals surface area contributed by atoms with Crippen LogP contribution >= 0.6 is 0 Å². The minimum Gasteiger partial charge on any atom is -0.378 e. The number of likely N-dealkylation sites (tertiary alicyclic amines) is 1. The van der Waals surface area contributed by atoms with E-state index in [9.17, 15) is 4.79 Å². The second kappa shape index (κ2) is 7.68. The molecule has 2 heterocycles. The quantitative estimate of drug-likeness (QED) is 0.931. The van der Waals surface area contributed by atoms with Gasteiger partial charge in [0.15, 0.2) is 0 Å². The van der Waals surface area contributed by atoms with Gasteiger partial charge in [-0.25, -0.2) is 4.79 Å². The van der Waals surface area contributed by atoms with Crippen molar-refractivity contribution in [3.05, 3.63) is 29.8 Å². The van der Waals surface area contributed by atoms with Crippen molar-refractivity contribution in [2.45, 2.75) is 26.3 Å². The number of morpholine rings is 1. The lowest BCUT2D eigenvalue weighted by Gasteiger charge is -2.30. The van der Waals surface area contributed by atoms with E-state index in [1.165, 1.54) is 5.69 Å². The highest BCUT2D eigenvalue weighted by molar-refractivity contribution is 5.74. The molecule has 1 aromatic rings. The lowest BCUT2D eigenvalue weighted by atomic mass is 10.00. The highest BCUT2D eigenvalue weighted by Crippen LogP contribution is 2.17. The molecular formula is C18H27N3O2. The Morgan fingerprint density at radius 3 is 2.43 bits per heavy atom. The number of nitrogens with one attached hydrogen (secondary N) is 1. The molecule has 0 spiro atoms. The number of carbonyl (C=O) groups is 1. The average molecular weight is 317 g/mol. The number of ether oxygens (including phenoxy) is 1. The Bertz CT molecular complexity index is 504. The molecule has 0 bridgehead atoms. The first-order valence-corrected chi connectivity index (χ1v) is 8.67. The molecule has 5 heteroatoms. The van der Waals surface area contributed by atoms with Crippen LogP contribution in [0.15, 0.2) is 24.3 Å². The van der Waals surface area contributed by atoms with Crippen LogP contribution in [0.2, 0.25) is 0 Å². The minimum atomic E-state index is 0.0640. The molecule has 3 rings (SSSR count). The fraction of sp³-hybridized carbons (Fsp3) is 0.611. The Morgan fingerprint density at radius 2 is 1.78 bits per heavy atom. The largest absolute Gasteiger partial charge is 0.378 e. The smallest absolute Gasteiger partial charge is 0.317 e. The van der Waals surface area contributed by atoms with Crippen LogP contribution < -0.4 is 10.2 Å². The van der Waals surface area contributed by atoms with E-state index in [1.54, 1.807) is 0 Å². The van der Waals surface area contributed by atoms with E-state index < -0.39 is 0 Å². The summed E-state index contributed by atoms with van der Waals surface area (Å²) in [6.07, 6.45) is 2.23. The molecule has 2 aliphatic rings. The Labute approximate surface area is 138 Å². The number of benzene rings is 1. The van der Waals surface area contributed by atoms with E-state index >= 15 is 0 Å². The van der Waals surface area contributed by atoms with E-state index in [2.05, 4.69) is 41.4 Å². The van der Waals surface area contributed by atoms with Gasteiger partial charge >= 0.3 is 6.03 Å². The summed E-state index contributed by atoms with van der Waals surface area (Å²) in [5.74, 6) is 0.742. The zero-order valence-corrected chi connectivity index (χ0v) is 14.0. The molecular weight excluding hydrogens is 290 g/mol. The number of rotatable bonds is 3. The van der Waals surface area contributed by atoms with Crippen molar-refractivity contribution < 1.29 is 9.53 Å². The fourth-order valence-electron chi connectivity index (χ4n) is 3.15. The third kappa shape index (κ3) is 4.38. The highest BCUT2D eigenvalue weighted by atomic mass is 16.5. The Kier molecular flexibility index (Phi) is 5.39. The van der Waals surface area contributed by atoms with Crippen LogP contribution in [0.5, 0.6) is 0 Å². The van der Waals surface area contributed by atoms with Crippen molar-refractivity contribution in [2.24, 2.45) is 5.92 Å². The maximum absolute atomic E-state index is 12.2. The van der Waals surface area contributed by atoms with Gasteiger partial charge in [0, 0.05) is 38.4 Å². The molecule has 1 N–H and O–H groups in total. The summed E-state index contributed by atoms with van der Waals surface area (Å²) in [4.78, 5) is 16.5. The van der Waals surface area contributed by atoms with Crippen molar-refractivity contribution in [3.63, 3.8) is 0 Å².